The summed E-state index contributed by atoms with van der Waals surface area (Å²) in [7, 11) is 0. The van der Waals surface area contributed by atoms with Crippen LogP contribution in [-0.2, 0) is 15.2 Å². The lowest BCUT2D eigenvalue weighted by Gasteiger charge is -2.24. The summed E-state index contributed by atoms with van der Waals surface area (Å²) in [6.07, 6.45) is 3.59. The quantitative estimate of drug-likeness (QED) is 0.787. The highest BCUT2D eigenvalue weighted by molar-refractivity contribution is 7.99. The van der Waals surface area contributed by atoms with Gasteiger partial charge in [0.15, 0.2) is 11.6 Å². The molecule has 2 aliphatic rings. The molecule has 0 spiro atoms. The van der Waals surface area contributed by atoms with Gasteiger partial charge in [-0.25, -0.2) is 13.8 Å². The van der Waals surface area contributed by atoms with E-state index in [2.05, 4.69) is 15.3 Å². The maximum Gasteiger partial charge on any atom is 0.261 e. The van der Waals surface area contributed by atoms with Crippen molar-refractivity contribution in [2.45, 2.75) is 42.7 Å². The number of anilines is 1. The van der Waals surface area contributed by atoms with E-state index in [1.54, 1.807) is 11.8 Å². The minimum absolute atomic E-state index is 0.0154. The number of hydrogen-bond donors (Lipinski definition) is 2. The van der Waals surface area contributed by atoms with Crippen molar-refractivity contribution in [3.63, 3.8) is 0 Å². The van der Waals surface area contributed by atoms with Gasteiger partial charge < -0.3 is 19.8 Å². The van der Waals surface area contributed by atoms with Crippen molar-refractivity contribution in [2.24, 2.45) is 0 Å². The molecule has 9 heteroatoms. The highest BCUT2D eigenvalue weighted by Gasteiger charge is 2.22. The van der Waals surface area contributed by atoms with Gasteiger partial charge in [0.05, 0.1) is 23.6 Å². The van der Waals surface area contributed by atoms with Crippen LogP contribution in [0.2, 0.25) is 0 Å². The van der Waals surface area contributed by atoms with E-state index >= 15 is 0 Å². The van der Waals surface area contributed by atoms with Gasteiger partial charge in [0, 0.05) is 31.1 Å². The van der Waals surface area contributed by atoms with Gasteiger partial charge in [-0.2, -0.15) is 11.8 Å². The standard InChI is InChI=1S/C19H23F2N3O3S/c20-17-14(22-11-2-1-5-27-9-11)8-13-16(18(17)21)19(25)24-15(23-13)10-28-12-3-6-26-7-4-12/h8,11-12,22H,1-7,9-10H2,(H,23,24,25). The van der Waals surface area contributed by atoms with Gasteiger partial charge in [-0.1, -0.05) is 0 Å². The summed E-state index contributed by atoms with van der Waals surface area (Å²) in [4.78, 5) is 19.3. The molecule has 0 aliphatic carbocycles. The number of thioether (sulfide) groups is 1. The Hall–Kier alpha value is -1.71. The third kappa shape index (κ3) is 4.31. The van der Waals surface area contributed by atoms with Crippen LogP contribution in [0.4, 0.5) is 14.5 Å². The summed E-state index contributed by atoms with van der Waals surface area (Å²) in [5.74, 6) is -1.26. The van der Waals surface area contributed by atoms with E-state index in [-0.39, 0.29) is 22.6 Å². The van der Waals surface area contributed by atoms with Gasteiger partial charge in [0.25, 0.3) is 5.56 Å². The molecule has 0 saturated carbocycles. The molecule has 4 rings (SSSR count). The van der Waals surface area contributed by atoms with E-state index in [9.17, 15) is 13.6 Å². The number of nitrogens with zero attached hydrogens (tertiary/aromatic N) is 1. The second kappa shape index (κ2) is 8.75. The first kappa shape index (κ1) is 19.6. The Balaban J connectivity index is 1.59. The highest BCUT2D eigenvalue weighted by atomic mass is 32.2. The van der Waals surface area contributed by atoms with Crippen LogP contribution in [0.3, 0.4) is 0 Å². The van der Waals surface area contributed by atoms with E-state index in [4.69, 9.17) is 9.47 Å². The number of ether oxygens (including phenoxy) is 2. The van der Waals surface area contributed by atoms with Crippen molar-refractivity contribution < 1.29 is 18.3 Å². The Morgan fingerprint density at radius 1 is 1.18 bits per heavy atom. The molecule has 0 radical (unpaired) electrons. The summed E-state index contributed by atoms with van der Waals surface area (Å²) in [6.45, 7) is 2.60. The predicted octanol–water partition coefficient (Wildman–Crippen LogP) is 3.20. The zero-order chi connectivity index (χ0) is 19.5. The smallest absolute Gasteiger partial charge is 0.261 e. The number of halogens is 2. The summed E-state index contributed by atoms with van der Waals surface area (Å²) < 4.78 is 39.8. The van der Waals surface area contributed by atoms with Gasteiger partial charge in [-0.05, 0) is 31.7 Å². The van der Waals surface area contributed by atoms with Crippen molar-refractivity contribution in [1.29, 1.82) is 0 Å². The molecule has 152 valence electrons. The number of aromatic amines is 1. The minimum Gasteiger partial charge on any atom is -0.381 e. The highest BCUT2D eigenvalue weighted by Crippen LogP contribution is 2.27. The Labute approximate surface area is 165 Å². The average molecular weight is 411 g/mol. The molecule has 2 fully saturated rings. The number of rotatable bonds is 5. The maximum absolute atomic E-state index is 14.6. The molecule has 0 bridgehead atoms. The van der Waals surface area contributed by atoms with Gasteiger partial charge in [0.2, 0.25) is 0 Å². The van der Waals surface area contributed by atoms with Crippen LogP contribution < -0.4 is 10.9 Å². The fourth-order valence-corrected chi connectivity index (χ4v) is 4.63. The van der Waals surface area contributed by atoms with E-state index in [1.807, 2.05) is 0 Å². The lowest BCUT2D eigenvalue weighted by molar-refractivity contribution is 0.0875. The summed E-state index contributed by atoms with van der Waals surface area (Å²) in [5.41, 5.74) is -0.484. The molecule has 3 heterocycles. The zero-order valence-electron chi connectivity index (χ0n) is 15.4. The summed E-state index contributed by atoms with van der Waals surface area (Å²) >= 11 is 1.70. The van der Waals surface area contributed by atoms with E-state index in [0.29, 0.717) is 30.0 Å². The van der Waals surface area contributed by atoms with Gasteiger partial charge >= 0.3 is 0 Å². The Kier molecular flexibility index (Phi) is 6.13. The SMILES string of the molecule is O=c1[nH]c(CSC2CCOCC2)nc2cc(NC3CCCOC3)c(F)c(F)c12. The number of H-pyrrole nitrogens is 1. The Morgan fingerprint density at radius 3 is 2.75 bits per heavy atom. The van der Waals surface area contributed by atoms with Crippen LogP contribution in [0, 0.1) is 11.6 Å². The topological polar surface area (TPSA) is 76.2 Å². The fraction of sp³-hybridized carbons (Fsp3) is 0.579. The molecule has 0 amide bonds. The van der Waals surface area contributed by atoms with Crippen molar-refractivity contribution in [3.05, 3.63) is 33.9 Å². The molecular formula is C19H23F2N3O3S. The van der Waals surface area contributed by atoms with E-state index < -0.39 is 17.2 Å². The number of aromatic nitrogens is 2. The van der Waals surface area contributed by atoms with Crippen molar-refractivity contribution in [2.75, 3.05) is 31.7 Å². The molecule has 2 N–H and O–H groups in total. The zero-order valence-corrected chi connectivity index (χ0v) is 16.2. The van der Waals surface area contributed by atoms with Gasteiger partial charge in [0.1, 0.15) is 11.2 Å². The molecule has 1 atom stereocenters. The first-order chi connectivity index (χ1) is 13.6. The van der Waals surface area contributed by atoms with Crippen LogP contribution in [0.1, 0.15) is 31.5 Å². The molecule has 2 aliphatic heterocycles. The molecule has 6 nitrogen and oxygen atoms in total. The number of benzene rings is 1. The summed E-state index contributed by atoms with van der Waals surface area (Å²) in [6, 6.07) is 1.32. The van der Waals surface area contributed by atoms with Crippen LogP contribution >= 0.6 is 11.8 Å². The van der Waals surface area contributed by atoms with Crippen LogP contribution in [0.5, 0.6) is 0 Å². The lowest BCUT2D eigenvalue weighted by Crippen LogP contribution is -2.30. The predicted molar refractivity (Wildman–Crippen MR) is 105 cm³/mol. The fourth-order valence-electron chi connectivity index (χ4n) is 3.57. The molecule has 1 aromatic carbocycles. The molecule has 28 heavy (non-hydrogen) atoms. The van der Waals surface area contributed by atoms with Crippen LogP contribution in [-0.4, -0.2) is 47.7 Å². The molecule has 2 saturated heterocycles. The van der Waals surface area contributed by atoms with E-state index in [0.717, 1.165) is 38.9 Å². The van der Waals surface area contributed by atoms with E-state index in [1.165, 1.54) is 6.07 Å². The molecule has 1 unspecified atom stereocenters. The second-order valence-electron chi connectivity index (χ2n) is 7.14. The van der Waals surface area contributed by atoms with Gasteiger partial charge in [-0.3, -0.25) is 4.79 Å². The minimum atomic E-state index is -1.17. The number of hydrogen-bond acceptors (Lipinski definition) is 6. The summed E-state index contributed by atoms with van der Waals surface area (Å²) in [5, 5.41) is 3.10. The van der Waals surface area contributed by atoms with Crippen molar-refractivity contribution in [3.8, 4) is 0 Å². The Morgan fingerprint density at radius 2 is 2.00 bits per heavy atom. The normalized spacial score (nSPS) is 21.1. The largest absolute Gasteiger partial charge is 0.381 e. The maximum atomic E-state index is 14.6. The monoisotopic (exact) mass is 411 g/mol. The van der Waals surface area contributed by atoms with Crippen LogP contribution in [0.25, 0.3) is 10.9 Å². The molecular weight excluding hydrogens is 388 g/mol. The first-order valence-corrected chi connectivity index (χ1v) is 10.6. The average Bonchev–Trinajstić information content (AvgIpc) is 2.71. The molecule has 2 aromatic rings. The number of fused-ring (bicyclic) bond motifs is 1. The lowest BCUT2D eigenvalue weighted by atomic mass is 10.1. The number of nitrogens with one attached hydrogen (secondary N) is 2. The van der Waals surface area contributed by atoms with Crippen LogP contribution in [0.15, 0.2) is 10.9 Å². The molecule has 1 aromatic heterocycles. The first-order valence-electron chi connectivity index (χ1n) is 9.56. The Bertz CT molecular complexity index is 896. The van der Waals surface area contributed by atoms with Crippen molar-refractivity contribution >= 4 is 28.4 Å². The third-order valence-corrected chi connectivity index (χ3v) is 6.45. The van der Waals surface area contributed by atoms with Gasteiger partial charge in [-0.15, -0.1) is 0 Å². The second-order valence-corrected chi connectivity index (χ2v) is 8.43. The third-order valence-electron chi connectivity index (χ3n) is 5.07. The van der Waals surface area contributed by atoms with Crippen molar-refractivity contribution in [1.82, 2.24) is 9.97 Å².